The van der Waals surface area contributed by atoms with Crippen LogP contribution in [0, 0.1) is 10.1 Å². The minimum absolute atomic E-state index is 0. The second-order valence-electron chi connectivity index (χ2n) is 8.33. The third kappa shape index (κ3) is 6.76. The van der Waals surface area contributed by atoms with Crippen molar-refractivity contribution in [1.29, 1.82) is 0 Å². The van der Waals surface area contributed by atoms with Gasteiger partial charge in [0.1, 0.15) is 21.2 Å². The standard InChI is InChI=1S/C24H18N4O10S2.Na.H/c25-22-21-14(9-19(39(33,34)35)17(24(21)30)12-18(29)13-5-2-1-3-6-13)10-20(40(36,37)38)23(22)27-26-15-7-4-8-16(11-15)28(31)32;;/h1-11,30H,12,25H2,(H,33,34,35)(H,36,37,38);;/b27-26+;;. The fraction of sp³-hybridized carbons (Fsp3) is 0.0417. The first kappa shape index (κ1) is 31.8. The number of rotatable bonds is 8. The number of carbonyl (C=O) groups is 1. The molecule has 0 spiro atoms. The molecule has 41 heavy (non-hydrogen) atoms. The molecule has 4 rings (SSSR count). The monoisotopic (exact) mass is 610 g/mol. The number of nitrogens with two attached hydrogens (primary N) is 1. The molecule has 0 amide bonds. The van der Waals surface area contributed by atoms with Crippen molar-refractivity contribution in [1.82, 2.24) is 0 Å². The van der Waals surface area contributed by atoms with Crippen LogP contribution in [-0.4, -0.2) is 71.3 Å². The van der Waals surface area contributed by atoms with E-state index in [0.29, 0.717) is 0 Å². The molecule has 0 radical (unpaired) electrons. The third-order valence-electron chi connectivity index (χ3n) is 5.73. The number of fused-ring (bicyclic) bond motifs is 1. The molecule has 0 aliphatic carbocycles. The van der Waals surface area contributed by atoms with Crippen LogP contribution < -0.4 is 5.73 Å². The van der Waals surface area contributed by atoms with E-state index in [1.165, 1.54) is 30.3 Å². The van der Waals surface area contributed by atoms with E-state index >= 15 is 0 Å². The number of Topliss-reactive ketones (excluding diaryl/α,β-unsaturated/α-hetero) is 1. The molecule has 0 aliphatic rings. The van der Waals surface area contributed by atoms with Gasteiger partial charge < -0.3 is 10.8 Å². The first-order valence-corrected chi connectivity index (χ1v) is 13.9. The Kier molecular flexibility index (Phi) is 9.29. The number of nitrogens with zero attached hydrogens (tertiary/aromatic N) is 3. The summed E-state index contributed by atoms with van der Waals surface area (Å²) in [5.41, 5.74) is 4.07. The SMILES string of the molecule is Nc1c(/N=N/c2cccc([N+](=O)[O-])c2)c(S(=O)(=O)O)cc2cc(S(=O)(=O)O)c(CC(=O)c3ccccc3)c(O)c12.[NaH]. The number of anilines is 1. The molecule has 17 heteroatoms. The number of phenolic OH excluding ortho intramolecular Hbond substituents is 1. The van der Waals surface area contributed by atoms with Crippen molar-refractivity contribution in [2.24, 2.45) is 10.2 Å². The molecule has 4 aromatic rings. The Morgan fingerprint density at radius 3 is 2.10 bits per heavy atom. The fourth-order valence-electron chi connectivity index (χ4n) is 3.93. The van der Waals surface area contributed by atoms with E-state index in [1.54, 1.807) is 18.2 Å². The summed E-state index contributed by atoms with van der Waals surface area (Å²) in [5.74, 6) is -1.50. The van der Waals surface area contributed by atoms with Crippen molar-refractivity contribution < 1.29 is 40.8 Å². The molecule has 5 N–H and O–H groups in total. The number of nitro groups is 1. The number of nitrogen functional groups attached to an aromatic ring is 1. The molecule has 0 bridgehead atoms. The van der Waals surface area contributed by atoms with Gasteiger partial charge in [-0.2, -0.15) is 21.9 Å². The molecule has 0 aliphatic heterocycles. The first-order valence-electron chi connectivity index (χ1n) is 11.0. The van der Waals surface area contributed by atoms with Crippen LogP contribution in [-0.2, 0) is 26.7 Å². The van der Waals surface area contributed by atoms with Crippen molar-refractivity contribution in [3.8, 4) is 5.75 Å². The van der Waals surface area contributed by atoms with Crippen LogP contribution in [0.25, 0.3) is 10.8 Å². The van der Waals surface area contributed by atoms with Crippen LogP contribution in [0.2, 0.25) is 0 Å². The molecular weight excluding hydrogens is 591 g/mol. The van der Waals surface area contributed by atoms with Crippen molar-refractivity contribution in [3.63, 3.8) is 0 Å². The topological polar surface area (TPSA) is 240 Å². The van der Waals surface area contributed by atoms with Crippen LogP contribution in [0.4, 0.5) is 22.7 Å². The van der Waals surface area contributed by atoms with E-state index in [-0.39, 0.29) is 57.3 Å². The zero-order valence-corrected chi connectivity index (χ0v) is 21.6. The maximum absolute atomic E-state index is 12.8. The Labute approximate surface area is 254 Å². The quantitative estimate of drug-likeness (QED) is 0.0426. The van der Waals surface area contributed by atoms with E-state index in [1.807, 2.05) is 0 Å². The normalized spacial score (nSPS) is 11.9. The van der Waals surface area contributed by atoms with Gasteiger partial charge in [-0.3, -0.25) is 24.0 Å². The van der Waals surface area contributed by atoms with Gasteiger partial charge >= 0.3 is 29.6 Å². The molecule has 0 unspecified atom stereocenters. The van der Waals surface area contributed by atoms with E-state index < -0.39 is 69.8 Å². The predicted octanol–water partition coefficient (Wildman–Crippen LogP) is 3.72. The van der Waals surface area contributed by atoms with Crippen molar-refractivity contribution in [2.45, 2.75) is 16.2 Å². The van der Waals surface area contributed by atoms with Crippen molar-refractivity contribution in [3.05, 3.63) is 88.0 Å². The predicted molar refractivity (Wildman–Crippen MR) is 149 cm³/mol. The Hall–Kier alpha value is -3.77. The minimum atomic E-state index is -5.09. The van der Waals surface area contributed by atoms with Gasteiger partial charge in [-0.1, -0.05) is 36.4 Å². The molecule has 208 valence electrons. The van der Waals surface area contributed by atoms with Crippen molar-refractivity contribution in [2.75, 3.05) is 5.73 Å². The molecular formula is C24H19N4NaO10S2. The molecule has 0 heterocycles. The number of phenols is 1. The maximum atomic E-state index is 12.8. The molecule has 0 saturated heterocycles. The molecule has 0 saturated carbocycles. The zero-order valence-electron chi connectivity index (χ0n) is 20.0. The third-order valence-corrected chi connectivity index (χ3v) is 7.52. The molecule has 4 aromatic carbocycles. The van der Waals surface area contributed by atoms with Crippen LogP contribution >= 0.6 is 0 Å². The number of hydrogen-bond donors (Lipinski definition) is 4. The van der Waals surface area contributed by atoms with Crippen LogP contribution in [0.5, 0.6) is 5.75 Å². The van der Waals surface area contributed by atoms with E-state index in [0.717, 1.165) is 18.2 Å². The first-order chi connectivity index (χ1) is 18.7. The zero-order chi connectivity index (χ0) is 29.4. The average molecular weight is 611 g/mol. The van der Waals surface area contributed by atoms with Gasteiger partial charge in [-0.05, 0) is 23.6 Å². The summed E-state index contributed by atoms with van der Waals surface area (Å²) < 4.78 is 68.4. The number of aromatic hydroxyl groups is 1. The Bertz CT molecular complexity index is 1950. The van der Waals surface area contributed by atoms with E-state index in [4.69, 9.17) is 5.73 Å². The molecule has 0 atom stereocenters. The van der Waals surface area contributed by atoms with Gasteiger partial charge in [0.15, 0.2) is 5.78 Å². The van der Waals surface area contributed by atoms with Gasteiger partial charge in [0.25, 0.3) is 25.9 Å². The van der Waals surface area contributed by atoms with Crippen LogP contribution in [0.15, 0.2) is 86.7 Å². The summed E-state index contributed by atoms with van der Waals surface area (Å²) in [6.45, 7) is 0. The number of benzene rings is 4. The number of carbonyl (C=O) groups excluding carboxylic acids is 1. The Balaban J connectivity index is 0.00000462. The summed E-state index contributed by atoms with van der Waals surface area (Å²) in [7, 11) is -10.2. The summed E-state index contributed by atoms with van der Waals surface area (Å²) in [6.07, 6.45) is -0.703. The van der Waals surface area contributed by atoms with Crippen LogP contribution in [0.1, 0.15) is 15.9 Å². The summed E-state index contributed by atoms with van der Waals surface area (Å²) in [5, 5.41) is 28.9. The van der Waals surface area contributed by atoms with Gasteiger partial charge in [-0.25, -0.2) is 0 Å². The van der Waals surface area contributed by atoms with Crippen LogP contribution in [0.3, 0.4) is 0 Å². The van der Waals surface area contributed by atoms with Gasteiger partial charge in [0, 0.05) is 35.1 Å². The second kappa shape index (κ2) is 12.0. The number of ketones is 1. The molecule has 0 aromatic heterocycles. The summed E-state index contributed by atoms with van der Waals surface area (Å²) in [4.78, 5) is 21.3. The fourth-order valence-corrected chi connectivity index (χ4v) is 5.35. The van der Waals surface area contributed by atoms with Gasteiger partial charge in [0.2, 0.25) is 0 Å². The number of hydrogen-bond acceptors (Lipinski definition) is 11. The molecule has 14 nitrogen and oxygen atoms in total. The Morgan fingerprint density at radius 2 is 1.51 bits per heavy atom. The summed E-state index contributed by atoms with van der Waals surface area (Å²) >= 11 is 0. The molecule has 0 fully saturated rings. The van der Waals surface area contributed by atoms with Gasteiger partial charge in [0.05, 0.1) is 16.3 Å². The number of azo groups is 1. The second-order valence-corrected chi connectivity index (χ2v) is 11.1. The Morgan fingerprint density at radius 1 is 0.902 bits per heavy atom. The number of nitro benzene ring substituents is 1. The van der Waals surface area contributed by atoms with Crippen molar-refractivity contribution >= 4 is 89.1 Å². The summed E-state index contributed by atoms with van der Waals surface area (Å²) in [6, 6.07) is 14.0. The number of non-ortho nitro benzene ring substituents is 1. The average Bonchev–Trinajstić information content (AvgIpc) is 2.88. The van der Waals surface area contributed by atoms with E-state index in [2.05, 4.69) is 10.2 Å². The van der Waals surface area contributed by atoms with E-state index in [9.17, 15) is 46.0 Å². The van der Waals surface area contributed by atoms with Gasteiger partial charge in [-0.15, -0.1) is 5.11 Å².